The number of anilines is 1. The molecule has 5 heteroatoms. The molecule has 0 atom stereocenters. The van der Waals surface area contributed by atoms with Crippen molar-refractivity contribution in [2.75, 3.05) is 12.4 Å². The van der Waals surface area contributed by atoms with Gasteiger partial charge in [0.05, 0.1) is 12.8 Å². The van der Waals surface area contributed by atoms with Crippen LogP contribution in [0.2, 0.25) is 0 Å². The van der Waals surface area contributed by atoms with E-state index in [0.29, 0.717) is 11.4 Å². The average molecular weight is 427 g/mol. The van der Waals surface area contributed by atoms with Crippen LogP contribution in [0.1, 0.15) is 22.4 Å². The fourth-order valence-electron chi connectivity index (χ4n) is 3.90. The van der Waals surface area contributed by atoms with Crippen LogP contribution in [0, 0.1) is 20.8 Å². The van der Waals surface area contributed by atoms with E-state index in [9.17, 15) is 4.79 Å². The van der Waals surface area contributed by atoms with Gasteiger partial charge in [-0.3, -0.25) is 10.3 Å². The Morgan fingerprint density at radius 3 is 2.50 bits per heavy atom. The lowest BCUT2D eigenvalue weighted by molar-refractivity contribution is 0.153. The van der Waals surface area contributed by atoms with Crippen molar-refractivity contribution >= 4 is 22.6 Å². The Labute approximate surface area is 188 Å². The first-order valence-corrected chi connectivity index (χ1v) is 10.5. The van der Waals surface area contributed by atoms with Crippen LogP contribution in [-0.4, -0.2) is 18.2 Å². The van der Waals surface area contributed by atoms with Gasteiger partial charge in [0, 0.05) is 23.0 Å². The van der Waals surface area contributed by atoms with Crippen LogP contribution in [0.5, 0.6) is 5.75 Å². The third-order valence-electron chi connectivity index (χ3n) is 5.50. The van der Waals surface area contributed by atoms with Crippen LogP contribution in [0.25, 0.3) is 21.9 Å². The number of methoxy groups -OCH3 is 1. The molecule has 0 aliphatic heterocycles. The number of aromatic nitrogens is 1. The first kappa shape index (κ1) is 21.4. The maximum atomic E-state index is 12.5. The molecule has 0 aliphatic carbocycles. The standard InChI is InChI=1S/C27H26N2O3/c1-17-11-23(22-10-9-20-7-5-6-8-21(20)13-22)14-24(12-17)29-27(30)32-16-25-19(3)26(31-4)18(2)15-28-25/h5-15H,16H2,1-4H3,(H,29,30). The zero-order chi connectivity index (χ0) is 22.7. The minimum Gasteiger partial charge on any atom is -0.496 e. The molecule has 1 amide bonds. The number of amides is 1. The molecule has 1 N–H and O–H groups in total. The second-order valence-electron chi connectivity index (χ2n) is 7.90. The molecule has 0 saturated carbocycles. The number of nitrogens with zero attached hydrogens (tertiary/aromatic N) is 1. The van der Waals surface area contributed by atoms with E-state index < -0.39 is 6.09 Å². The molecule has 0 bridgehead atoms. The second-order valence-corrected chi connectivity index (χ2v) is 7.90. The Bertz CT molecular complexity index is 1300. The Morgan fingerprint density at radius 1 is 0.938 bits per heavy atom. The van der Waals surface area contributed by atoms with Crippen molar-refractivity contribution in [3.8, 4) is 16.9 Å². The van der Waals surface area contributed by atoms with Crippen LogP contribution in [-0.2, 0) is 11.3 Å². The molecule has 162 valence electrons. The number of pyridine rings is 1. The fraction of sp³-hybridized carbons (Fsp3) is 0.185. The summed E-state index contributed by atoms with van der Waals surface area (Å²) < 4.78 is 10.8. The highest BCUT2D eigenvalue weighted by atomic mass is 16.5. The van der Waals surface area contributed by atoms with Gasteiger partial charge in [0.1, 0.15) is 12.4 Å². The van der Waals surface area contributed by atoms with Crippen molar-refractivity contribution in [1.82, 2.24) is 4.98 Å². The molecule has 5 nitrogen and oxygen atoms in total. The van der Waals surface area contributed by atoms with Crippen LogP contribution < -0.4 is 10.1 Å². The number of fused-ring (bicyclic) bond motifs is 1. The molecule has 1 aromatic heterocycles. The second kappa shape index (κ2) is 9.10. The Morgan fingerprint density at radius 2 is 1.72 bits per heavy atom. The van der Waals surface area contributed by atoms with Gasteiger partial charge in [-0.05, 0) is 66.4 Å². The molecular formula is C27H26N2O3. The van der Waals surface area contributed by atoms with Gasteiger partial charge in [0.25, 0.3) is 0 Å². The molecule has 0 aliphatic rings. The summed E-state index contributed by atoms with van der Waals surface area (Å²) in [6.45, 7) is 5.91. The SMILES string of the molecule is COc1c(C)cnc(COC(=O)Nc2cc(C)cc(-c3ccc4ccccc4c3)c2)c1C. The maximum Gasteiger partial charge on any atom is 0.412 e. The van der Waals surface area contributed by atoms with E-state index in [1.165, 1.54) is 10.8 Å². The van der Waals surface area contributed by atoms with Gasteiger partial charge in [0.2, 0.25) is 0 Å². The van der Waals surface area contributed by atoms with Gasteiger partial charge in [-0.2, -0.15) is 0 Å². The molecular weight excluding hydrogens is 400 g/mol. The summed E-state index contributed by atoms with van der Waals surface area (Å²) in [6, 6.07) is 20.6. The van der Waals surface area contributed by atoms with Gasteiger partial charge in [-0.1, -0.05) is 42.5 Å². The van der Waals surface area contributed by atoms with Crippen LogP contribution in [0.3, 0.4) is 0 Å². The first-order chi connectivity index (χ1) is 15.4. The Balaban J connectivity index is 1.50. The highest BCUT2D eigenvalue weighted by molar-refractivity contribution is 5.89. The summed E-state index contributed by atoms with van der Waals surface area (Å²) in [5, 5.41) is 5.21. The van der Waals surface area contributed by atoms with Crippen molar-refractivity contribution in [3.63, 3.8) is 0 Å². The summed E-state index contributed by atoms with van der Waals surface area (Å²) in [4.78, 5) is 16.8. The van der Waals surface area contributed by atoms with E-state index in [-0.39, 0.29) is 6.61 Å². The van der Waals surface area contributed by atoms with Crippen molar-refractivity contribution in [2.24, 2.45) is 0 Å². The van der Waals surface area contributed by atoms with E-state index in [0.717, 1.165) is 33.6 Å². The molecule has 0 saturated heterocycles. The van der Waals surface area contributed by atoms with Crippen molar-refractivity contribution in [1.29, 1.82) is 0 Å². The Kier molecular flexibility index (Phi) is 6.08. The maximum absolute atomic E-state index is 12.5. The van der Waals surface area contributed by atoms with E-state index in [1.54, 1.807) is 13.3 Å². The molecule has 0 unspecified atom stereocenters. The van der Waals surface area contributed by atoms with Crippen LogP contribution >= 0.6 is 0 Å². The molecule has 4 rings (SSSR count). The number of carbonyl (C=O) groups is 1. The Hall–Kier alpha value is -3.86. The van der Waals surface area contributed by atoms with Crippen LogP contribution in [0.4, 0.5) is 10.5 Å². The highest BCUT2D eigenvalue weighted by Crippen LogP contribution is 2.28. The summed E-state index contributed by atoms with van der Waals surface area (Å²) in [6.07, 6.45) is 1.19. The summed E-state index contributed by atoms with van der Waals surface area (Å²) in [7, 11) is 1.62. The quantitative estimate of drug-likeness (QED) is 0.391. The van der Waals surface area contributed by atoms with Gasteiger partial charge >= 0.3 is 6.09 Å². The number of ether oxygens (including phenoxy) is 2. The van der Waals surface area contributed by atoms with Gasteiger partial charge in [0.15, 0.2) is 0 Å². The number of nitrogens with one attached hydrogen (secondary N) is 1. The summed E-state index contributed by atoms with van der Waals surface area (Å²) >= 11 is 0. The normalized spacial score (nSPS) is 10.8. The lowest BCUT2D eigenvalue weighted by Gasteiger charge is -2.13. The zero-order valence-electron chi connectivity index (χ0n) is 18.7. The smallest absolute Gasteiger partial charge is 0.412 e. The lowest BCUT2D eigenvalue weighted by atomic mass is 9.99. The molecule has 0 spiro atoms. The third kappa shape index (κ3) is 4.57. The number of hydrogen-bond acceptors (Lipinski definition) is 4. The van der Waals surface area contributed by atoms with Crippen molar-refractivity contribution in [2.45, 2.75) is 27.4 Å². The van der Waals surface area contributed by atoms with E-state index in [1.807, 2.05) is 45.0 Å². The molecule has 0 radical (unpaired) electrons. The number of carbonyl (C=O) groups excluding carboxylic acids is 1. The van der Waals surface area contributed by atoms with Crippen molar-refractivity contribution in [3.05, 3.63) is 89.2 Å². The van der Waals surface area contributed by atoms with Gasteiger partial charge in [-0.25, -0.2) is 4.79 Å². The molecule has 1 heterocycles. The topological polar surface area (TPSA) is 60.5 Å². The predicted molar refractivity (Wildman–Crippen MR) is 128 cm³/mol. The minimum atomic E-state index is -0.527. The molecule has 32 heavy (non-hydrogen) atoms. The van der Waals surface area contributed by atoms with E-state index in [2.05, 4.69) is 46.7 Å². The number of benzene rings is 3. The predicted octanol–water partition coefficient (Wildman–Crippen LogP) is 6.58. The minimum absolute atomic E-state index is 0.0671. The zero-order valence-corrected chi connectivity index (χ0v) is 18.7. The third-order valence-corrected chi connectivity index (χ3v) is 5.50. The number of rotatable bonds is 5. The van der Waals surface area contributed by atoms with Gasteiger partial charge < -0.3 is 9.47 Å². The summed E-state index contributed by atoms with van der Waals surface area (Å²) in [5.74, 6) is 0.762. The highest BCUT2D eigenvalue weighted by Gasteiger charge is 2.12. The number of aryl methyl sites for hydroxylation is 2. The largest absolute Gasteiger partial charge is 0.496 e. The first-order valence-electron chi connectivity index (χ1n) is 10.5. The molecule has 0 fully saturated rings. The average Bonchev–Trinajstić information content (AvgIpc) is 2.78. The summed E-state index contributed by atoms with van der Waals surface area (Å²) in [5.41, 5.74) is 6.34. The molecule has 3 aromatic carbocycles. The van der Waals surface area contributed by atoms with Crippen molar-refractivity contribution < 1.29 is 14.3 Å². The number of hydrogen-bond donors (Lipinski definition) is 1. The van der Waals surface area contributed by atoms with E-state index in [4.69, 9.17) is 9.47 Å². The fourth-order valence-corrected chi connectivity index (χ4v) is 3.90. The molecule has 4 aromatic rings. The monoisotopic (exact) mass is 426 g/mol. The lowest BCUT2D eigenvalue weighted by Crippen LogP contribution is -2.15. The van der Waals surface area contributed by atoms with Crippen LogP contribution in [0.15, 0.2) is 66.9 Å². The van der Waals surface area contributed by atoms with Gasteiger partial charge in [-0.15, -0.1) is 0 Å². The van der Waals surface area contributed by atoms with E-state index >= 15 is 0 Å².